The smallest absolute Gasteiger partial charge is 0.369 e. The van der Waals surface area contributed by atoms with Gasteiger partial charge < -0.3 is 29.6 Å². The van der Waals surface area contributed by atoms with Gasteiger partial charge in [-0.25, -0.2) is 0 Å². The number of nitrogens with one attached hydrogen (secondary N) is 1. The Balaban J connectivity index is 1.33. The van der Waals surface area contributed by atoms with E-state index in [1.54, 1.807) is 41.9 Å². The molecule has 2 unspecified atom stereocenters. The summed E-state index contributed by atoms with van der Waals surface area (Å²) in [6, 6.07) is 6.74. The van der Waals surface area contributed by atoms with Crippen molar-refractivity contribution in [3.8, 4) is 0 Å². The predicted molar refractivity (Wildman–Crippen MR) is 163 cm³/mol. The second kappa shape index (κ2) is 12.2. The zero-order chi connectivity index (χ0) is 32.0. The van der Waals surface area contributed by atoms with Crippen molar-refractivity contribution < 1.29 is 42.3 Å². The van der Waals surface area contributed by atoms with Crippen LogP contribution in [0.3, 0.4) is 0 Å². The van der Waals surface area contributed by atoms with Gasteiger partial charge in [-0.3, -0.25) is 18.9 Å². The highest BCUT2D eigenvalue weighted by atomic mass is 32.1. The highest BCUT2D eigenvalue weighted by molar-refractivity contribution is 7.52. The van der Waals surface area contributed by atoms with E-state index in [9.17, 15) is 27.7 Å². The number of nitrogens with zero attached hydrogens (tertiary/aromatic N) is 2. The molecule has 3 N–H and O–H groups in total. The maximum Gasteiger partial charge on any atom is 0.399 e. The number of carbonyl (C=O) groups excluding carboxylic acids is 3. The van der Waals surface area contributed by atoms with Gasteiger partial charge in [0.1, 0.15) is 18.2 Å². The van der Waals surface area contributed by atoms with Crippen LogP contribution >= 0.6 is 30.3 Å². The number of amides is 3. The van der Waals surface area contributed by atoms with Gasteiger partial charge in [0, 0.05) is 28.2 Å². The number of fused-ring (bicyclic) bond motifs is 1. The molecule has 2 aliphatic heterocycles. The minimum atomic E-state index is -5.76. The standard InChI is InChI=1S/C29H34F2N3O7PS2/c1-28(2,3)24(32-25(35)23-15-17-14-18(8-9-21(17)44-23)29(30,31)42(38,39)40)27(37)34-10-4-6-19(34)26(36)33-11-12-41-20(16-33)22-7-5-13-43-22/h5,7-9,13-15,19-20,24H,4,6,10-12,16H2,1-3H3,(H,32,35)(H2,38,39,40)/t19-,20?,24?/m0/s1. The number of rotatable bonds is 7. The Labute approximate surface area is 261 Å². The molecule has 2 aromatic heterocycles. The molecule has 2 fully saturated rings. The number of hydrogen-bond acceptors (Lipinski definition) is 7. The van der Waals surface area contributed by atoms with Crippen LogP contribution in [-0.4, -0.2) is 75.6 Å². The van der Waals surface area contributed by atoms with Crippen LogP contribution in [0.2, 0.25) is 0 Å². The van der Waals surface area contributed by atoms with Crippen molar-refractivity contribution in [3.05, 3.63) is 57.1 Å². The molecule has 0 bridgehead atoms. The largest absolute Gasteiger partial charge is 0.399 e. The molecule has 2 aliphatic rings. The van der Waals surface area contributed by atoms with Crippen molar-refractivity contribution >= 4 is 58.1 Å². The molecule has 0 aliphatic carbocycles. The summed E-state index contributed by atoms with van der Waals surface area (Å²) in [5.74, 6) is -1.13. The topological polar surface area (TPSA) is 136 Å². The summed E-state index contributed by atoms with van der Waals surface area (Å²) in [5.41, 5.74) is -5.98. The molecule has 3 aromatic rings. The van der Waals surface area contributed by atoms with Gasteiger partial charge in [-0.15, -0.1) is 22.7 Å². The summed E-state index contributed by atoms with van der Waals surface area (Å²) in [6.45, 7) is 6.99. The minimum absolute atomic E-state index is 0.140. The molecule has 3 atom stereocenters. The van der Waals surface area contributed by atoms with Gasteiger partial charge in [0.15, 0.2) is 0 Å². The monoisotopic (exact) mass is 669 g/mol. The number of thiophene rings is 2. The Morgan fingerprint density at radius 3 is 2.55 bits per heavy atom. The fourth-order valence-electron chi connectivity index (χ4n) is 5.52. The lowest BCUT2D eigenvalue weighted by Gasteiger charge is -2.38. The highest BCUT2D eigenvalue weighted by Gasteiger charge is 2.50. The Hall–Kier alpha value is -2.74. The molecule has 0 radical (unpaired) electrons. The third-order valence-electron chi connectivity index (χ3n) is 7.90. The molecule has 0 saturated carbocycles. The first-order valence-electron chi connectivity index (χ1n) is 14.1. The van der Waals surface area contributed by atoms with E-state index in [1.165, 1.54) is 12.1 Å². The van der Waals surface area contributed by atoms with Crippen LogP contribution in [-0.2, 0) is 24.6 Å². The quantitative estimate of drug-likeness (QED) is 0.304. The summed E-state index contributed by atoms with van der Waals surface area (Å²) in [4.78, 5) is 63.8. The number of halogens is 2. The van der Waals surface area contributed by atoms with Gasteiger partial charge in [0.2, 0.25) is 11.8 Å². The first-order valence-corrected chi connectivity index (χ1v) is 17.4. The van der Waals surface area contributed by atoms with E-state index in [4.69, 9.17) is 14.5 Å². The van der Waals surface area contributed by atoms with Crippen molar-refractivity contribution in [2.75, 3.05) is 26.2 Å². The number of likely N-dealkylation sites (tertiary alicyclic amines) is 1. The fraction of sp³-hybridized carbons (Fsp3) is 0.483. The summed E-state index contributed by atoms with van der Waals surface area (Å²) in [7, 11) is -5.76. The molecule has 4 heterocycles. The Morgan fingerprint density at radius 1 is 1.14 bits per heavy atom. The first-order chi connectivity index (χ1) is 20.6. The molecule has 1 aromatic carbocycles. The molecule has 2 saturated heterocycles. The third kappa shape index (κ3) is 6.47. The average Bonchev–Trinajstić information content (AvgIpc) is 3.74. The number of ether oxygens (including phenoxy) is 1. The summed E-state index contributed by atoms with van der Waals surface area (Å²) in [6.07, 6.45) is 0.929. The van der Waals surface area contributed by atoms with E-state index in [0.29, 0.717) is 43.8 Å². The molecule has 3 amide bonds. The summed E-state index contributed by atoms with van der Waals surface area (Å²) < 4.78 is 46.2. The van der Waals surface area contributed by atoms with Crippen molar-refractivity contribution in [1.82, 2.24) is 15.1 Å². The highest BCUT2D eigenvalue weighted by Crippen LogP contribution is 2.59. The number of alkyl halides is 2. The van der Waals surface area contributed by atoms with Gasteiger partial charge in [-0.1, -0.05) is 32.9 Å². The predicted octanol–water partition coefficient (Wildman–Crippen LogP) is 4.93. The van der Waals surface area contributed by atoms with E-state index < -0.39 is 42.2 Å². The van der Waals surface area contributed by atoms with E-state index in [-0.39, 0.29) is 28.2 Å². The lowest BCUT2D eigenvalue weighted by atomic mass is 9.85. The zero-order valence-corrected chi connectivity index (χ0v) is 26.9. The van der Waals surface area contributed by atoms with Gasteiger partial charge in [-0.05, 0) is 53.3 Å². The first kappa shape index (κ1) is 32.6. The van der Waals surface area contributed by atoms with Crippen LogP contribution in [0.15, 0.2) is 41.8 Å². The molecule has 0 spiro atoms. The number of carbonyl (C=O) groups is 3. The normalized spacial score (nSPS) is 20.6. The average molecular weight is 670 g/mol. The van der Waals surface area contributed by atoms with E-state index in [0.717, 1.165) is 28.3 Å². The third-order valence-corrected chi connectivity index (χ3v) is 11.0. The van der Waals surface area contributed by atoms with E-state index in [2.05, 4.69) is 5.32 Å². The maximum absolute atomic E-state index is 14.3. The van der Waals surface area contributed by atoms with Crippen molar-refractivity contribution in [2.24, 2.45) is 5.41 Å². The van der Waals surface area contributed by atoms with Crippen molar-refractivity contribution in [2.45, 2.75) is 57.5 Å². The summed E-state index contributed by atoms with van der Waals surface area (Å²) in [5, 5.41) is 4.98. The van der Waals surface area contributed by atoms with Gasteiger partial charge in [-0.2, -0.15) is 8.78 Å². The summed E-state index contributed by atoms with van der Waals surface area (Å²) >= 11 is 2.57. The molecule has 10 nitrogen and oxygen atoms in total. The van der Waals surface area contributed by atoms with Crippen LogP contribution in [0, 0.1) is 5.41 Å². The SMILES string of the molecule is CC(C)(C)C(NC(=O)c1cc2cc(C(F)(F)P(=O)(O)O)ccc2s1)C(=O)N1CCC[C@H]1C(=O)N1CCOC(c2cccs2)C1. The molecule has 238 valence electrons. The lowest BCUT2D eigenvalue weighted by molar-refractivity contribution is -0.150. The fourth-order valence-corrected chi connectivity index (χ4v) is 7.71. The van der Waals surface area contributed by atoms with Crippen molar-refractivity contribution in [3.63, 3.8) is 0 Å². The number of morpholine rings is 1. The van der Waals surface area contributed by atoms with Gasteiger partial charge >= 0.3 is 13.3 Å². The van der Waals surface area contributed by atoms with Gasteiger partial charge in [0.05, 0.1) is 18.0 Å². The second-order valence-corrected chi connectivity index (χ2v) is 15.8. The van der Waals surface area contributed by atoms with Crippen LogP contribution in [0.25, 0.3) is 10.1 Å². The molecular weight excluding hydrogens is 635 g/mol. The molecule has 15 heteroatoms. The molecular formula is C29H34F2N3O7PS2. The second-order valence-electron chi connectivity index (χ2n) is 12.1. The number of hydrogen-bond donors (Lipinski definition) is 3. The van der Waals surface area contributed by atoms with E-state index in [1.807, 2.05) is 17.5 Å². The van der Waals surface area contributed by atoms with Crippen LogP contribution in [0.4, 0.5) is 8.78 Å². The Morgan fingerprint density at radius 2 is 1.89 bits per heavy atom. The zero-order valence-electron chi connectivity index (χ0n) is 24.4. The van der Waals surface area contributed by atoms with Crippen LogP contribution < -0.4 is 5.32 Å². The molecule has 5 rings (SSSR count). The Kier molecular flexibility index (Phi) is 9.07. The van der Waals surface area contributed by atoms with Gasteiger partial charge in [0.25, 0.3) is 5.91 Å². The number of benzene rings is 1. The van der Waals surface area contributed by atoms with E-state index >= 15 is 0 Å². The maximum atomic E-state index is 14.3. The molecule has 44 heavy (non-hydrogen) atoms. The van der Waals surface area contributed by atoms with Crippen LogP contribution in [0.1, 0.15) is 59.8 Å². The lowest BCUT2D eigenvalue weighted by Crippen LogP contribution is -2.58. The minimum Gasteiger partial charge on any atom is -0.369 e. The Bertz CT molecular complexity index is 1600. The van der Waals surface area contributed by atoms with Crippen molar-refractivity contribution in [1.29, 1.82) is 0 Å². The van der Waals surface area contributed by atoms with Crippen LogP contribution in [0.5, 0.6) is 0 Å².